The zero-order valence-electron chi connectivity index (χ0n) is 10.3. The van der Waals surface area contributed by atoms with Crippen LogP contribution in [-0.4, -0.2) is 24.7 Å². The van der Waals surface area contributed by atoms with E-state index in [1.165, 1.54) is 0 Å². The maximum absolute atomic E-state index is 12.0. The molecule has 0 aromatic heterocycles. The van der Waals surface area contributed by atoms with Gasteiger partial charge in [-0.2, -0.15) is 0 Å². The molecule has 4 nitrogen and oxygen atoms in total. The number of halogens is 1. The average molecular weight is 269 g/mol. The van der Waals surface area contributed by atoms with E-state index in [0.717, 1.165) is 12.8 Å². The van der Waals surface area contributed by atoms with Crippen LogP contribution < -0.4 is 11.1 Å². The van der Waals surface area contributed by atoms with Crippen molar-refractivity contribution in [3.8, 4) is 0 Å². The third-order valence-electron chi connectivity index (χ3n) is 3.09. The highest BCUT2D eigenvalue weighted by Crippen LogP contribution is 2.24. The lowest BCUT2D eigenvalue weighted by Gasteiger charge is -2.35. The standard InChI is InChI=1S/C13H17ClN2O2/c1-2-18-10-6-9(7-10)16-13(17)11-5-8(14)3-4-12(11)15/h3-5,9-10H,2,6-7,15H2,1H3,(H,16,17). The second-order valence-electron chi connectivity index (χ2n) is 4.45. The molecule has 0 bridgehead atoms. The lowest BCUT2D eigenvalue weighted by Crippen LogP contribution is -2.47. The van der Waals surface area contributed by atoms with E-state index in [4.69, 9.17) is 22.1 Å². The minimum Gasteiger partial charge on any atom is -0.398 e. The van der Waals surface area contributed by atoms with Crippen molar-refractivity contribution in [3.63, 3.8) is 0 Å². The quantitative estimate of drug-likeness (QED) is 0.823. The van der Waals surface area contributed by atoms with Gasteiger partial charge in [0.2, 0.25) is 0 Å². The molecule has 0 aliphatic heterocycles. The molecular formula is C13H17ClN2O2. The highest BCUT2D eigenvalue weighted by atomic mass is 35.5. The molecule has 1 aliphatic carbocycles. The van der Waals surface area contributed by atoms with E-state index < -0.39 is 0 Å². The monoisotopic (exact) mass is 268 g/mol. The SMILES string of the molecule is CCOC1CC(NC(=O)c2cc(Cl)ccc2N)C1. The number of anilines is 1. The third kappa shape index (κ3) is 2.94. The minimum absolute atomic E-state index is 0.171. The first-order valence-electron chi connectivity index (χ1n) is 6.07. The van der Waals surface area contributed by atoms with Crippen molar-refractivity contribution in [1.82, 2.24) is 5.32 Å². The van der Waals surface area contributed by atoms with Gasteiger partial charge in [0.25, 0.3) is 5.91 Å². The Morgan fingerprint density at radius 1 is 1.56 bits per heavy atom. The Morgan fingerprint density at radius 3 is 2.94 bits per heavy atom. The lowest BCUT2D eigenvalue weighted by atomic mass is 9.89. The number of rotatable bonds is 4. The van der Waals surface area contributed by atoms with Crippen LogP contribution in [0.3, 0.4) is 0 Å². The highest BCUT2D eigenvalue weighted by molar-refractivity contribution is 6.31. The van der Waals surface area contributed by atoms with Crippen LogP contribution in [-0.2, 0) is 4.74 Å². The summed E-state index contributed by atoms with van der Waals surface area (Å²) in [6.45, 7) is 2.69. The van der Waals surface area contributed by atoms with E-state index in [0.29, 0.717) is 22.9 Å². The Labute approximate surface area is 111 Å². The molecule has 0 saturated heterocycles. The number of nitrogen functional groups attached to an aromatic ring is 1. The zero-order chi connectivity index (χ0) is 13.1. The molecule has 1 aromatic rings. The Kier molecular flexibility index (Phi) is 4.09. The summed E-state index contributed by atoms with van der Waals surface area (Å²) in [5, 5.41) is 3.44. The summed E-state index contributed by atoms with van der Waals surface area (Å²) in [5.74, 6) is -0.171. The Morgan fingerprint density at radius 2 is 2.28 bits per heavy atom. The number of carbonyl (C=O) groups excluding carboxylic acids is 1. The second kappa shape index (κ2) is 5.59. The highest BCUT2D eigenvalue weighted by Gasteiger charge is 2.31. The van der Waals surface area contributed by atoms with Crippen LogP contribution in [0.2, 0.25) is 5.02 Å². The molecule has 1 aromatic carbocycles. The number of benzene rings is 1. The van der Waals surface area contributed by atoms with Gasteiger partial charge in [-0.25, -0.2) is 0 Å². The van der Waals surface area contributed by atoms with Gasteiger partial charge < -0.3 is 15.8 Å². The molecule has 18 heavy (non-hydrogen) atoms. The molecule has 0 atom stereocenters. The number of amides is 1. The Bertz CT molecular complexity index is 445. The van der Waals surface area contributed by atoms with Gasteiger partial charge in [0, 0.05) is 23.4 Å². The smallest absolute Gasteiger partial charge is 0.253 e. The summed E-state index contributed by atoms with van der Waals surface area (Å²) in [6.07, 6.45) is 2.00. The molecule has 0 heterocycles. The first-order valence-corrected chi connectivity index (χ1v) is 6.45. The summed E-state index contributed by atoms with van der Waals surface area (Å²) < 4.78 is 5.44. The molecule has 98 valence electrons. The number of nitrogens with one attached hydrogen (secondary N) is 1. The maximum Gasteiger partial charge on any atom is 0.253 e. The summed E-state index contributed by atoms with van der Waals surface area (Å²) in [5.41, 5.74) is 6.63. The molecule has 1 aliphatic rings. The van der Waals surface area contributed by atoms with Crippen LogP contribution in [0, 0.1) is 0 Å². The number of ether oxygens (including phenoxy) is 1. The predicted octanol–water partition coefficient (Wildman–Crippen LogP) is 2.22. The van der Waals surface area contributed by atoms with Crippen molar-refractivity contribution < 1.29 is 9.53 Å². The number of hydrogen-bond acceptors (Lipinski definition) is 3. The number of hydrogen-bond donors (Lipinski definition) is 2. The topological polar surface area (TPSA) is 64.3 Å². The maximum atomic E-state index is 12.0. The lowest BCUT2D eigenvalue weighted by molar-refractivity contribution is -0.00861. The summed E-state index contributed by atoms with van der Waals surface area (Å²) in [6, 6.07) is 5.07. The largest absolute Gasteiger partial charge is 0.398 e. The van der Waals surface area contributed by atoms with Crippen LogP contribution in [0.1, 0.15) is 30.1 Å². The van der Waals surface area contributed by atoms with Gasteiger partial charge in [-0.3, -0.25) is 4.79 Å². The van der Waals surface area contributed by atoms with E-state index in [2.05, 4.69) is 5.32 Å². The average Bonchev–Trinajstić information content (AvgIpc) is 2.29. The van der Waals surface area contributed by atoms with Gasteiger partial charge in [-0.05, 0) is 38.0 Å². The van der Waals surface area contributed by atoms with Crippen LogP contribution >= 0.6 is 11.6 Å². The molecule has 0 unspecified atom stereocenters. The molecule has 3 N–H and O–H groups in total. The van der Waals surface area contributed by atoms with E-state index >= 15 is 0 Å². The normalized spacial score (nSPS) is 22.3. The van der Waals surface area contributed by atoms with Crippen molar-refractivity contribution in [1.29, 1.82) is 0 Å². The fourth-order valence-corrected chi connectivity index (χ4v) is 2.22. The first-order chi connectivity index (χ1) is 8.60. The van der Waals surface area contributed by atoms with Crippen molar-refractivity contribution in [2.45, 2.75) is 31.9 Å². The van der Waals surface area contributed by atoms with Gasteiger partial charge in [-0.1, -0.05) is 11.6 Å². The summed E-state index contributed by atoms with van der Waals surface area (Å²) in [4.78, 5) is 12.0. The van der Waals surface area contributed by atoms with Crippen molar-refractivity contribution in [2.75, 3.05) is 12.3 Å². The Balaban J connectivity index is 1.91. The molecule has 1 amide bonds. The van der Waals surface area contributed by atoms with E-state index in [9.17, 15) is 4.79 Å². The van der Waals surface area contributed by atoms with E-state index in [1.807, 2.05) is 6.92 Å². The van der Waals surface area contributed by atoms with Gasteiger partial charge in [-0.15, -0.1) is 0 Å². The number of carbonyl (C=O) groups is 1. The minimum atomic E-state index is -0.171. The summed E-state index contributed by atoms with van der Waals surface area (Å²) >= 11 is 5.85. The molecule has 0 spiro atoms. The Hall–Kier alpha value is -1.26. The van der Waals surface area contributed by atoms with Crippen molar-refractivity contribution in [2.24, 2.45) is 0 Å². The van der Waals surface area contributed by atoms with Crippen LogP contribution in [0.4, 0.5) is 5.69 Å². The van der Waals surface area contributed by atoms with E-state index in [-0.39, 0.29) is 18.1 Å². The number of nitrogens with two attached hydrogens (primary N) is 1. The molecule has 1 fully saturated rings. The molecular weight excluding hydrogens is 252 g/mol. The van der Waals surface area contributed by atoms with Crippen molar-refractivity contribution >= 4 is 23.2 Å². The van der Waals surface area contributed by atoms with Gasteiger partial charge in [0.15, 0.2) is 0 Å². The molecule has 2 rings (SSSR count). The van der Waals surface area contributed by atoms with Crippen LogP contribution in [0.5, 0.6) is 0 Å². The van der Waals surface area contributed by atoms with Crippen LogP contribution in [0.15, 0.2) is 18.2 Å². The molecule has 0 radical (unpaired) electrons. The molecule has 5 heteroatoms. The fraction of sp³-hybridized carbons (Fsp3) is 0.462. The van der Waals surface area contributed by atoms with E-state index in [1.54, 1.807) is 18.2 Å². The second-order valence-corrected chi connectivity index (χ2v) is 4.89. The summed E-state index contributed by atoms with van der Waals surface area (Å²) in [7, 11) is 0. The predicted molar refractivity (Wildman–Crippen MR) is 71.8 cm³/mol. The van der Waals surface area contributed by atoms with Gasteiger partial charge in [0.1, 0.15) is 0 Å². The van der Waals surface area contributed by atoms with Crippen molar-refractivity contribution in [3.05, 3.63) is 28.8 Å². The first kappa shape index (κ1) is 13.2. The fourth-order valence-electron chi connectivity index (χ4n) is 2.04. The van der Waals surface area contributed by atoms with Crippen LogP contribution in [0.25, 0.3) is 0 Å². The van der Waals surface area contributed by atoms with Gasteiger partial charge >= 0.3 is 0 Å². The third-order valence-corrected chi connectivity index (χ3v) is 3.33. The molecule has 1 saturated carbocycles. The zero-order valence-corrected chi connectivity index (χ0v) is 11.0. The van der Waals surface area contributed by atoms with Gasteiger partial charge in [0.05, 0.1) is 11.7 Å².